The molecular formula is C22H17ClF6N8O9. The van der Waals surface area contributed by atoms with Gasteiger partial charge in [0, 0.05) is 30.9 Å². The number of rotatable bonds is 5. The highest BCUT2D eigenvalue weighted by molar-refractivity contribution is 6.13. The smallest absolute Gasteiger partial charge is 0.454 e. The maximum absolute atomic E-state index is 12.4. The molecule has 4 rings (SSSR count). The van der Waals surface area contributed by atoms with Gasteiger partial charge in [-0.3, -0.25) is 19.2 Å². The number of hydrogen-bond acceptors (Lipinski definition) is 15. The highest BCUT2D eigenvalue weighted by Gasteiger charge is 2.39. The van der Waals surface area contributed by atoms with Gasteiger partial charge >= 0.3 is 12.4 Å². The normalized spacial score (nSPS) is 11.9. The van der Waals surface area contributed by atoms with E-state index in [1.54, 1.807) is 0 Å². The number of pyridine rings is 2. The number of nitrogens with two attached hydrogens (primary N) is 1. The van der Waals surface area contributed by atoms with Crippen LogP contribution in [0.4, 0.5) is 26.3 Å². The van der Waals surface area contributed by atoms with Crippen LogP contribution in [0.3, 0.4) is 0 Å². The van der Waals surface area contributed by atoms with Gasteiger partial charge in [-0.1, -0.05) is 5.16 Å². The number of nitrogens with zero attached hydrogens (tertiary/aromatic N) is 5. The lowest BCUT2D eigenvalue weighted by Gasteiger charge is -2.08. The van der Waals surface area contributed by atoms with Gasteiger partial charge in [-0.05, 0) is 0 Å². The van der Waals surface area contributed by atoms with E-state index < -0.39 is 75.6 Å². The lowest BCUT2D eigenvalue weighted by Crippen LogP contribution is -2.28. The molecule has 0 aliphatic heterocycles. The van der Waals surface area contributed by atoms with Gasteiger partial charge in [-0.25, -0.2) is 25.8 Å². The summed E-state index contributed by atoms with van der Waals surface area (Å²) in [5.41, 5.74) is -6.62. The molecule has 248 valence electrons. The van der Waals surface area contributed by atoms with E-state index in [4.69, 9.17) is 10.4 Å². The van der Waals surface area contributed by atoms with Gasteiger partial charge in [0.05, 0.1) is 6.42 Å². The van der Waals surface area contributed by atoms with Gasteiger partial charge in [0.1, 0.15) is 27.9 Å². The van der Waals surface area contributed by atoms with E-state index >= 15 is 0 Å². The standard InChI is InChI=1S/C11H7F3N4O4.C11H6F3N3O4.ClH.H3NO/c12-11(13,14)5(18-22)3-4(19)6-8(20)7-9(17-10(6)21)16-2-1-15-7;12-11(13,14)5(19)3-4(18)6-8(20)7-9(17-10(6)21)16-2-1-15-7;;1-2/h1-2,22H,3H2,(H2,16,17,20,21);1-3,18H,(H2,16,17,20,21);1H;2H,1H2/b18-5-;4-3-;;. The number of alkyl halides is 6. The largest absolute Gasteiger partial charge is 0.507 e. The first-order valence-corrected chi connectivity index (χ1v) is 11.2. The zero-order valence-electron chi connectivity index (χ0n) is 22.0. The number of hydrogen-bond donors (Lipinski definition) is 8. The first-order valence-electron chi connectivity index (χ1n) is 11.2. The van der Waals surface area contributed by atoms with Crippen LogP contribution in [-0.2, 0) is 4.79 Å². The molecule has 9 N–H and O–H groups in total. The second-order valence-electron chi connectivity index (χ2n) is 7.90. The lowest BCUT2D eigenvalue weighted by molar-refractivity contribution is -0.165. The molecule has 0 atom stereocenters. The molecule has 17 nitrogen and oxygen atoms in total. The number of halogens is 7. The van der Waals surface area contributed by atoms with E-state index in [-0.39, 0.29) is 40.8 Å². The molecule has 4 aromatic rings. The maximum Gasteiger partial charge on any atom is 0.454 e. The summed E-state index contributed by atoms with van der Waals surface area (Å²) in [5.74, 6) is -3.36. The van der Waals surface area contributed by atoms with Crippen LogP contribution in [-0.4, -0.2) is 85.3 Å². The molecule has 0 unspecified atom stereocenters. The monoisotopic (exact) mass is 686 g/mol. The van der Waals surface area contributed by atoms with E-state index in [9.17, 15) is 60.8 Å². The molecule has 0 spiro atoms. The second kappa shape index (κ2) is 15.4. The average molecular weight is 687 g/mol. The SMILES string of the molecule is Cl.NO.O=C(/C=C(\O)c1c(O)c2nccnc2[nH]c1=O)C(F)(F)F.O=C(C/C(=N/O)C(F)(F)F)c1c(O)c2nccnc2[nH]c1=O. The van der Waals surface area contributed by atoms with Gasteiger partial charge in [0.15, 0.2) is 34.3 Å². The number of allylic oxidation sites excluding steroid dienone is 1. The molecule has 0 saturated carbocycles. The molecule has 0 radical (unpaired) electrons. The predicted molar refractivity (Wildman–Crippen MR) is 143 cm³/mol. The van der Waals surface area contributed by atoms with Crippen LogP contribution in [0.2, 0.25) is 0 Å². The van der Waals surface area contributed by atoms with E-state index in [1.807, 2.05) is 5.16 Å². The van der Waals surface area contributed by atoms with E-state index in [1.165, 1.54) is 12.4 Å². The molecule has 4 aromatic heterocycles. The number of aliphatic hydroxyl groups is 1. The molecule has 24 heteroatoms. The quantitative estimate of drug-likeness (QED) is 0.0283. The fraction of sp³-hybridized carbons (Fsp3) is 0.136. The van der Waals surface area contributed by atoms with Crippen LogP contribution in [0, 0.1) is 0 Å². The number of carbonyl (C=O) groups is 2. The number of carbonyl (C=O) groups excluding carboxylic acids is 2. The molecule has 0 saturated heterocycles. The number of aliphatic hydroxyl groups excluding tert-OH is 1. The number of ketones is 2. The van der Waals surface area contributed by atoms with Gasteiger partial charge in [0.25, 0.3) is 16.9 Å². The third-order valence-electron chi connectivity index (χ3n) is 5.09. The zero-order valence-corrected chi connectivity index (χ0v) is 22.8. The van der Waals surface area contributed by atoms with Gasteiger partial charge < -0.3 is 35.7 Å². The first kappa shape index (κ1) is 38.3. The lowest BCUT2D eigenvalue weighted by atomic mass is 10.1. The Hall–Kier alpha value is -5.68. The minimum atomic E-state index is -5.22. The summed E-state index contributed by atoms with van der Waals surface area (Å²) in [6, 6.07) is 0. The summed E-state index contributed by atoms with van der Waals surface area (Å²) < 4.78 is 73.6. The predicted octanol–water partition coefficient (Wildman–Crippen LogP) is 1.80. The van der Waals surface area contributed by atoms with Crippen molar-refractivity contribution in [2.45, 2.75) is 18.8 Å². The summed E-state index contributed by atoms with van der Waals surface area (Å²) >= 11 is 0. The average Bonchev–Trinajstić information content (AvgIpc) is 2.96. The van der Waals surface area contributed by atoms with E-state index in [0.29, 0.717) is 0 Å². The fourth-order valence-electron chi connectivity index (χ4n) is 3.20. The van der Waals surface area contributed by atoms with Crippen molar-refractivity contribution in [2.75, 3.05) is 0 Å². The molecule has 4 heterocycles. The van der Waals surface area contributed by atoms with Crippen molar-refractivity contribution in [3.8, 4) is 11.5 Å². The van der Waals surface area contributed by atoms with Crippen LogP contribution < -0.4 is 17.0 Å². The Bertz CT molecular complexity index is 1930. The van der Waals surface area contributed by atoms with Gasteiger partial charge in [-0.2, -0.15) is 26.3 Å². The third-order valence-corrected chi connectivity index (χ3v) is 5.09. The van der Waals surface area contributed by atoms with Crippen LogP contribution in [0.15, 0.2) is 45.6 Å². The van der Waals surface area contributed by atoms with Crippen molar-refractivity contribution in [3.05, 3.63) is 62.7 Å². The Balaban J connectivity index is 0.000000428. The van der Waals surface area contributed by atoms with Crippen LogP contribution in [0.25, 0.3) is 28.1 Å². The minimum Gasteiger partial charge on any atom is -0.507 e. The summed E-state index contributed by atoms with van der Waals surface area (Å²) in [7, 11) is 0. The van der Waals surface area contributed by atoms with E-state index in [2.05, 4.69) is 35.8 Å². The number of aromatic amines is 2. The maximum atomic E-state index is 12.4. The van der Waals surface area contributed by atoms with E-state index in [0.717, 1.165) is 12.4 Å². The Morgan fingerprint density at radius 3 is 1.63 bits per heavy atom. The van der Waals surface area contributed by atoms with Gasteiger partial charge in [-0.15, -0.1) is 12.4 Å². The van der Waals surface area contributed by atoms with Gasteiger partial charge in [0.2, 0.25) is 0 Å². The second-order valence-corrected chi connectivity index (χ2v) is 7.90. The molecular weight excluding hydrogens is 670 g/mol. The molecule has 0 aliphatic carbocycles. The Kier molecular flexibility index (Phi) is 12.8. The Morgan fingerprint density at radius 2 is 1.22 bits per heavy atom. The van der Waals surface area contributed by atoms with Crippen molar-refractivity contribution in [3.63, 3.8) is 0 Å². The van der Waals surface area contributed by atoms with Crippen molar-refractivity contribution in [2.24, 2.45) is 11.1 Å². The molecule has 0 aromatic carbocycles. The molecule has 0 bridgehead atoms. The summed E-state index contributed by atoms with van der Waals surface area (Å²) in [5, 5.41) is 46.0. The Labute approximate surface area is 253 Å². The number of Topliss-reactive ketones (excluding diaryl/α,β-unsaturated/α-hetero) is 1. The van der Waals surface area contributed by atoms with Crippen molar-refractivity contribution in [1.82, 2.24) is 29.9 Å². The number of nitrogens with one attached hydrogen (secondary N) is 2. The first-order chi connectivity index (χ1) is 21.0. The zero-order chi connectivity index (χ0) is 34.3. The molecule has 0 fully saturated rings. The third kappa shape index (κ3) is 8.70. The number of aromatic hydroxyl groups is 2. The topological polar surface area (TPSA) is 291 Å². The van der Waals surface area contributed by atoms with Crippen LogP contribution >= 0.6 is 12.4 Å². The highest BCUT2D eigenvalue weighted by Crippen LogP contribution is 2.27. The fourth-order valence-corrected chi connectivity index (χ4v) is 3.20. The van der Waals surface area contributed by atoms with Crippen LogP contribution in [0.1, 0.15) is 22.3 Å². The van der Waals surface area contributed by atoms with Crippen LogP contribution in [0.5, 0.6) is 11.5 Å². The number of fused-ring (bicyclic) bond motifs is 2. The minimum absolute atomic E-state index is 0. The van der Waals surface area contributed by atoms with Crippen molar-refractivity contribution < 1.29 is 61.7 Å². The Morgan fingerprint density at radius 1 is 0.804 bits per heavy atom. The summed E-state index contributed by atoms with van der Waals surface area (Å²) in [6.07, 6.45) is -7.15. The number of aromatic nitrogens is 6. The van der Waals surface area contributed by atoms with Crippen molar-refractivity contribution >= 4 is 57.8 Å². The highest BCUT2D eigenvalue weighted by atomic mass is 35.5. The summed E-state index contributed by atoms with van der Waals surface area (Å²) in [4.78, 5) is 64.9. The molecule has 0 amide bonds. The summed E-state index contributed by atoms with van der Waals surface area (Å²) in [6.45, 7) is 0. The number of oxime groups is 1. The van der Waals surface area contributed by atoms with Crippen molar-refractivity contribution in [1.29, 1.82) is 0 Å². The number of H-pyrrole nitrogens is 2. The molecule has 46 heavy (non-hydrogen) atoms. The molecule has 0 aliphatic rings.